The zero-order valence-corrected chi connectivity index (χ0v) is 18.3. The normalized spacial score (nSPS) is 22.9. The number of amides is 3. The van der Waals surface area contributed by atoms with Crippen molar-refractivity contribution >= 4 is 17.7 Å². The third-order valence-corrected chi connectivity index (χ3v) is 6.47. The van der Waals surface area contributed by atoms with Crippen LogP contribution in [0.25, 0.3) is 0 Å². The molecule has 9 heteroatoms. The van der Waals surface area contributed by atoms with E-state index < -0.39 is 0 Å². The predicted octanol–water partition coefficient (Wildman–Crippen LogP) is 0.897. The van der Waals surface area contributed by atoms with Crippen molar-refractivity contribution in [1.82, 2.24) is 30.0 Å². The summed E-state index contributed by atoms with van der Waals surface area (Å²) in [5.74, 6) is 0.581. The molecule has 31 heavy (non-hydrogen) atoms. The predicted molar refractivity (Wildman–Crippen MR) is 114 cm³/mol. The molecule has 1 N–H and O–H groups in total. The SMILES string of the molecule is Cc1nc(C2CCCCN2C(=O)CN2CCNC(=O)C2)ncc1C(=O)N1CCCCC1. The fraction of sp³-hybridized carbons (Fsp3) is 0.682. The smallest absolute Gasteiger partial charge is 0.257 e. The molecule has 3 amide bonds. The van der Waals surface area contributed by atoms with Crippen LogP contribution >= 0.6 is 0 Å². The fourth-order valence-corrected chi connectivity index (χ4v) is 4.73. The van der Waals surface area contributed by atoms with E-state index in [1.54, 1.807) is 6.20 Å². The van der Waals surface area contributed by atoms with Crippen molar-refractivity contribution in [1.29, 1.82) is 0 Å². The maximum atomic E-state index is 13.1. The molecule has 1 atom stereocenters. The summed E-state index contributed by atoms with van der Waals surface area (Å²) in [6, 6.07) is -0.183. The van der Waals surface area contributed by atoms with Gasteiger partial charge in [0.1, 0.15) is 0 Å². The number of aromatic nitrogens is 2. The first-order valence-corrected chi connectivity index (χ1v) is 11.4. The molecule has 3 aliphatic rings. The zero-order chi connectivity index (χ0) is 21.8. The summed E-state index contributed by atoms with van der Waals surface area (Å²) < 4.78 is 0. The Hall–Kier alpha value is -2.55. The van der Waals surface area contributed by atoms with Gasteiger partial charge in [-0.1, -0.05) is 0 Å². The number of carbonyl (C=O) groups is 3. The van der Waals surface area contributed by atoms with Gasteiger partial charge < -0.3 is 15.1 Å². The molecule has 0 spiro atoms. The number of piperazine rings is 1. The van der Waals surface area contributed by atoms with Gasteiger partial charge in [-0.2, -0.15) is 0 Å². The van der Waals surface area contributed by atoms with Crippen LogP contribution in [0, 0.1) is 6.92 Å². The topological polar surface area (TPSA) is 98.7 Å². The molecule has 1 aromatic heterocycles. The van der Waals surface area contributed by atoms with Crippen molar-refractivity contribution in [3.05, 3.63) is 23.3 Å². The summed E-state index contributed by atoms with van der Waals surface area (Å²) in [7, 11) is 0. The molecule has 3 saturated heterocycles. The van der Waals surface area contributed by atoms with Gasteiger partial charge in [-0.15, -0.1) is 0 Å². The maximum Gasteiger partial charge on any atom is 0.257 e. The number of piperidine rings is 2. The average Bonchev–Trinajstić information content (AvgIpc) is 2.79. The standard InChI is InChI=1S/C22H32N6O3/c1-16-17(22(31)27-9-4-2-5-10-27)13-24-21(25-16)18-7-3-6-11-28(18)20(30)15-26-12-8-23-19(29)14-26/h13,18H,2-12,14-15H2,1H3,(H,23,29). The average molecular weight is 429 g/mol. The van der Waals surface area contributed by atoms with Crippen LogP contribution < -0.4 is 5.32 Å². The summed E-state index contributed by atoms with van der Waals surface area (Å²) in [4.78, 5) is 52.4. The number of nitrogens with zero attached hydrogens (tertiary/aromatic N) is 5. The van der Waals surface area contributed by atoms with Crippen molar-refractivity contribution in [2.45, 2.75) is 51.5 Å². The van der Waals surface area contributed by atoms with Gasteiger partial charge in [-0.25, -0.2) is 9.97 Å². The molecule has 168 valence electrons. The quantitative estimate of drug-likeness (QED) is 0.765. The van der Waals surface area contributed by atoms with Gasteiger partial charge in [0.15, 0.2) is 5.82 Å². The molecule has 1 unspecified atom stereocenters. The van der Waals surface area contributed by atoms with Crippen LogP contribution in [0.1, 0.15) is 66.4 Å². The first kappa shape index (κ1) is 21.7. The van der Waals surface area contributed by atoms with Crippen molar-refractivity contribution < 1.29 is 14.4 Å². The second-order valence-corrected chi connectivity index (χ2v) is 8.74. The van der Waals surface area contributed by atoms with Gasteiger partial charge in [0, 0.05) is 38.9 Å². The highest BCUT2D eigenvalue weighted by Crippen LogP contribution is 2.29. The highest BCUT2D eigenvalue weighted by atomic mass is 16.2. The lowest BCUT2D eigenvalue weighted by molar-refractivity contribution is -0.137. The molecule has 3 aliphatic heterocycles. The van der Waals surface area contributed by atoms with Crippen LogP contribution in [0.3, 0.4) is 0 Å². The highest BCUT2D eigenvalue weighted by molar-refractivity contribution is 5.95. The van der Waals surface area contributed by atoms with Crippen LogP contribution in [-0.2, 0) is 9.59 Å². The van der Waals surface area contributed by atoms with E-state index in [2.05, 4.69) is 15.3 Å². The van der Waals surface area contributed by atoms with E-state index in [4.69, 9.17) is 0 Å². The Morgan fingerprint density at radius 1 is 1.10 bits per heavy atom. The van der Waals surface area contributed by atoms with Crippen LogP contribution in [0.4, 0.5) is 0 Å². The number of hydrogen-bond donors (Lipinski definition) is 1. The minimum absolute atomic E-state index is 0.00343. The number of likely N-dealkylation sites (tertiary alicyclic amines) is 2. The van der Waals surface area contributed by atoms with Crippen LogP contribution in [0.15, 0.2) is 6.20 Å². The van der Waals surface area contributed by atoms with Crippen molar-refractivity contribution in [3.8, 4) is 0 Å². The molecule has 0 aromatic carbocycles. The number of nitrogens with one attached hydrogen (secondary N) is 1. The first-order chi connectivity index (χ1) is 15.0. The van der Waals surface area contributed by atoms with Gasteiger partial charge in [0.05, 0.1) is 30.4 Å². The Labute approximate surface area is 183 Å². The van der Waals surface area contributed by atoms with E-state index in [1.807, 2.05) is 21.6 Å². The van der Waals surface area contributed by atoms with Crippen LogP contribution in [0.2, 0.25) is 0 Å². The lowest BCUT2D eigenvalue weighted by atomic mass is 10.0. The Kier molecular flexibility index (Phi) is 6.80. The third-order valence-electron chi connectivity index (χ3n) is 6.47. The Morgan fingerprint density at radius 3 is 2.61 bits per heavy atom. The van der Waals surface area contributed by atoms with E-state index in [-0.39, 0.29) is 36.9 Å². The molecule has 1 aromatic rings. The second-order valence-electron chi connectivity index (χ2n) is 8.74. The Morgan fingerprint density at radius 2 is 1.87 bits per heavy atom. The number of carbonyl (C=O) groups excluding carboxylic acids is 3. The maximum absolute atomic E-state index is 13.1. The second kappa shape index (κ2) is 9.72. The lowest BCUT2D eigenvalue weighted by Gasteiger charge is -2.37. The summed E-state index contributed by atoms with van der Waals surface area (Å²) in [5, 5.41) is 2.79. The summed E-state index contributed by atoms with van der Waals surface area (Å²) in [6.45, 7) is 5.84. The minimum atomic E-state index is -0.183. The zero-order valence-electron chi connectivity index (χ0n) is 18.3. The molecule has 0 saturated carbocycles. The number of hydrogen-bond acceptors (Lipinski definition) is 6. The van der Waals surface area contributed by atoms with Crippen molar-refractivity contribution in [2.24, 2.45) is 0 Å². The monoisotopic (exact) mass is 428 g/mol. The van der Waals surface area contributed by atoms with E-state index in [9.17, 15) is 14.4 Å². The highest BCUT2D eigenvalue weighted by Gasteiger charge is 2.32. The Balaban J connectivity index is 1.47. The lowest BCUT2D eigenvalue weighted by Crippen LogP contribution is -2.52. The number of rotatable bonds is 4. The fourth-order valence-electron chi connectivity index (χ4n) is 4.73. The molecule has 0 bridgehead atoms. The summed E-state index contributed by atoms with van der Waals surface area (Å²) >= 11 is 0. The van der Waals surface area contributed by atoms with Crippen LogP contribution in [-0.4, -0.2) is 88.2 Å². The Bertz CT molecular complexity index is 839. The van der Waals surface area contributed by atoms with Gasteiger partial charge in [-0.3, -0.25) is 19.3 Å². The minimum Gasteiger partial charge on any atom is -0.354 e. The van der Waals surface area contributed by atoms with Crippen molar-refractivity contribution in [3.63, 3.8) is 0 Å². The third kappa shape index (κ3) is 5.03. The van der Waals surface area contributed by atoms with E-state index in [0.29, 0.717) is 36.7 Å². The van der Waals surface area contributed by atoms with Gasteiger partial charge >= 0.3 is 0 Å². The van der Waals surface area contributed by atoms with E-state index in [0.717, 1.165) is 45.2 Å². The molecule has 9 nitrogen and oxygen atoms in total. The number of aryl methyl sites for hydroxylation is 1. The molecular weight excluding hydrogens is 396 g/mol. The van der Waals surface area contributed by atoms with E-state index in [1.165, 1.54) is 6.42 Å². The van der Waals surface area contributed by atoms with Gasteiger partial charge in [0.25, 0.3) is 5.91 Å². The van der Waals surface area contributed by atoms with Crippen molar-refractivity contribution in [2.75, 3.05) is 45.8 Å². The molecule has 4 rings (SSSR count). The van der Waals surface area contributed by atoms with Gasteiger partial charge in [0.2, 0.25) is 11.8 Å². The largest absolute Gasteiger partial charge is 0.354 e. The molecule has 0 radical (unpaired) electrons. The molecule has 3 fully saturated rings. The summed E-state index contributed by atoms with van der Waals surface area (Å²) in [5.41, 5.74) is 1.23. The summed E-state index contributed by atoms with van der Waals surface area (Å²) in [6.07, 6.45) is 7.67. The van der Waals surface area contributed by atoms with E-state index >= 15 is 0 Å². The van der Waals surface area contributed by atoms with Gasteiger partial charge in [-0.05, 0) is 45.4 Å². The van der Waals surface area contributed by atoms with Crippen LogP contribution in [0.5, 0.6) is 0 Å². The first-order valence-electron chi connectivity index (χ1n) is 11.4. The molecular formula is C22H32N6O3. The molecule has 0 aliphatic carbocycles. The molecule has 4 heterocycles.